The first-order valence-electron chi connectivity index (χ1n) is 6.29. The van der Waals surface area contributed by atoms with E-state index in [2.05, 4.69) is 36.6 Å². The molecule has 2 aromatic carbocycles. The second-order valence-corrected chi connectivity index (χ2v) is 6.09. The number of rotatable bonds is 5. The molecule has 0 radical (unpaired) electrons. The van der Waals surface area contributed by atoms with Crippen molar-refractivity contribution in [2.75, 3.05) is 7.11 Å². The SMILES string of the molecule is COC(=O)c1ccc(COCc2ccccc2Br)c(Br)c1. The molecule has 0 saturated carbocycles. The van der Waals surface area contributed by atoms with Crippen LogP contribution in [-0.4, -0.2) is 13.1 Å². The number of carbonyl (C=O) groups is 1. The number of hydrogen-bond donors (Lipinski definition) is 0. The molecule has 0 atom stereocenters. The van der Waals surface area contributed by atoms with Gasteiger partial charge in [-0.25, -0.2) is 4.79 Å². The van der Waals surface area contributed by atoms with E-state index in [4.69, 9.17) is 4.74 Å². The van der Waals surface area contributed by atoms with E-state index in [0.29, 0.717) is 18.8 Å². The lowest BCUT2D eigenvalue weighted by atomic mass is 10.1. The van der Waals surface area contributed by atoms with E-state index in [1.54, 1.807) is 12.1 Å². The molecule has 110 valence electrons. The van der Waals surface area contributed by atoms with Gasteiger partial charge in [0.15, 0.2) is 0 Å². The maximum absolute atomic E-state index is 11.4. The summed E-state index contributed by atoms with van der Waals surface area (Å²) in [5, 5.41) is 0. The van der Waals surface area contributed by atoms with Crippen molar-refractivity contribution in [2.45, 2.75) is 13.2 Å². The van der Waals surface area contributed by atoms with Gasteiger partial charge in [0, 0.05) is 8.95 Å². The van der Waals surface area contributed by atoms with Crippen LogP contribution < -0.4 is 0 Å². The Bertz CT molecular complexity index is 641. The van der Waals surface area contributed by atoms with Gasteiger partial charge in [-0.05, 0) is 29.3 Å². The minimum absolute atomic E-state index is 0.351. The van der Waals surface area contributed by atoms with Gasteiger partial charge < -0.3 is 9.47 Å². The quantitative estimate of drug-likeness (QED) is 0.665. The molecule has 0 spiro atoms. The Kier molecular flexibility index (Phi) is 5.96. The molecule has 0 aliphatic heterocycles. The first kappa shape index (κ1) is 16.2. The molecule has 0 unspecified atom stereocenters. The molecular weight excluding hydrogens is 400 g/mol. The Morgan fingerprint density at radius 3 is 2.29 bits per heavy atom. The van der Waals surface area contributed by atoms with E-state index < -0.39 is 0 Å². The number of hydrogen-bond acceptors (Lipinski definition) is 3. The molecule has 21 heavy (non-hydrogen) atoms. The molecule has 0 saturated heterocycles. The average molecular weight is 414 g/mol. The molecule has 0 aliphatic carbocycles. The van der Waals surface area contributed by atoms with Crippen molar-refractivity contribution in [2.24, 2.45) is 0 Å². The lowest BCUT2D eigenvalue weighted by Gasteiger charge is -2.09. The zero-order chi connectivity index (χ0) is 15.2. The van der Waals surface area contributed by atoms with Crippen molar-refractivity contribution >= 4 is 37.8 Å². The van der Waals surface area contributed by atoms with E-state index in [9.17, 15) is 4.79 Å². The van der Waals surface area contributed by atoms with Gasteiger partial charge >= 0.3 is 5.97 Å². The predicted octanol–water partition coefficient (Wildman–Crippen LogP) is 4.72. The Morgan fingerprint density at radius 1 is 1.00 bits per heavy atom. The number of ether oxygens (including phenoxy) is 2. The maximum atomic E-state index is 11.4. The van der Waals surface area contributed by atoms with E-state index in [1.807, 2.05) is 30.3 Å². The Labute approximate surface area is 140 Å². The summed E-state index contributed by atoms with van der Waals surface area (Å²) in [6, 6.07) is 13.3. The van der Waals surface area contributed by atoms with E-state index in [0.717, 1.165) is 20.1 Å². The minimum atomic E-state index is -0.351. The van der Waals surface area contributed by atoms with Crippen LogP contribution in [0.4, 0.5) is 0 Å². The zero-order valence-corrected chi connectivity index (χ0v) is 14.6. The van der Waals surface area contributed by atoms with Gasteiger partial charge in [-0.15, -0.1) is 0 Å². The molecule has 0 N–H and O–H groups in total. The van der Waals surface area contributed by atoms with Crippen LogP contribution in [-0.2, 0) is 22.7 Å². The topological polar surface area (TPSA) is 35.5 Å². The lowest BCUT2D eigenvalue weighted by Crippen LogP contribution is -2.02. The first-order chi connectivity index (χ1) is 10.1. The highest BCUT2D eigenvalue weighted by molar-refractivity contribution is 9.10. The average Bonchev–Trinajstić information content (AvgIpc) is 2.50. The smallest absolute Gasteiger partial charge is 0.337 e. The van der Waals surface area contributed by atoms with Crippen LogP contribution in [0.1, 0.15) is 21.5 Å². The molecule has 0 amide bonds. The summed E-state index contributed by atoms with van der Waals surface area (Å²) in [4.78, 5) is 11.4. The normalized spacial score (nSPS) is 10.4. The van der Waals surface area contributed by atoms with Crippen LogP contribution in [0, 0.1) is 0 Å². The van der Waals surface area contributed by atoms with Gasteiger partial charge in [0.25, 0.3) is 0 Å². The van der Waals surface area contributed by atoms with Crippen LogP contribution in [0.2, 0.25) is 0 Å². The van der Waals surface area contributed by atoms with Crippen LogP contribution in [0.5, 0.6) is 0 Å². The second-order valence-electron chi connectivity index (χ2n) is 4.38. The van der Waals surface area contributed by atoms with Crippen LogP contribution >= 0.6 is 31.9 Å². The Balaban J connectivity index is 1.98. The summed E-state index contributed by atoms with van der Waals surface area (Å²) in [6.45, 7) is 0.982. The third kappa shape index (κ3) is 4.40. The number of halogens is 2. The molecule has 3 nitrogen and oxygen atoms in total. The molecule has 0 fully saturated rings. The summed E-state index contributed by atoms with van der Waals surface area (Å²) < 4.78 is 12.3. The highest BCUT2D eigenvalue weighted by Gasteiger charge is 2.08. The zero-order valence-electron chi connectivity index (χ0n) is 11.4. The van der Waals surface area contributed by atoms with Crippen molar-refractivity contribution in [3.63, 3.8) is 0 Å². The maximum Gasteiger partial charge on any atom is 0.337 e. The molecule has 0 aromatic heterocycles. The highest BCUT2D eigenvalue weighted by atomic mass is 79.9. The summed E-state index contributed by atoms with van der Waals surface area (Å²) >= 11 is 6.94. The van der Waals surface area contributed by atoms with Gasteiger partial charge in [0.2, 0.25) is 0 Å². The van der Waals surface area contributed by atoms with Crippen molar-refractivity contribution in [3.05, 3.63) is 68.1 Å². The number of carbonyl (C=O) groups excluding carboxylic acids is 1. The largest absolute Gasteiger partial charge is 0.465 e. The third-order valence-corrected chi connectivity index (χ3v) is 4.46. The standard InChI is InChI=1S/C16H14Br2O3/c1-20-16(19)11-6-7-13(15(18)8-11)10-21-9-12-4-2-3-5-14(12)17/h2-8H,9-10H2,1H3. The predicted molar refractivity (Wildman–Crippen MR) is 88.1 cm³/mol. The number of benzene rings is 2. The molecule has 0 heterocycles. The molecular formula is C16H14Br2O3. The number of methoxy groups -OCH3 is 1. The van der Waals surface area contributed by atoms with Crippen molar-refractivity contribution < 1.29 is 14.3 Å². The number of esters is 1. The summed E-state index contributed by atoms with van der Waals surface area (Å²) in [5.41, 5.74) is 2.59. The van der Waals surface area contributed by atoms with E-state index >= 15 is 0 Å². The van der Waals surface area contributed by atoms with Gasteiger partial charge in [-0.1, -0.05) is 56.1 Å². The van der Waals surface area contributed by atoms with Crippen LogP contribution in [0.3, 0.4) is 0 Å². The third-order valence-electron chi connectivity index (χ3n) is 2.95. The van der Waals surface area contributed by atoms with Crippen molar-refractivity contribution in [1.29, 1.82) is 0 Å². The molecule has 2 rings (SSSR count). The minimum Gasteiger partial charge on any atom is -0.465 e. The summed E-state index contributed by atoms with van der Waals surface area (Å²) in [5.74, 6) is -0.351. The van der Waals surface area contributed by atoms with E-state index in [-0.39, 0.29) is 5.97 Å². The second kappa shape index (κ2) is 7.73. The van der Waals surface area contributed by atoms with Gasteiger partial charge in [-0.2, -0.15) is 0 Å². The fourth-order valence-corrected chi connectivity index (χ4v) is 2.69. The summed E-state index contributed by atoms with van der Waals surface area (Å²) in [7, 11) is 1.37. The molecule has 0 bridgehead atoms. The molecule has 0 aliphatic rings. The highest BCUT2D eigenvalue weighted by Crippen LogP contribution is 2.22. The first-order valence-corrected chi connectivity index (χ1v) is 7.88. The molecule has 5 heteroatoms. The van der Waals surface area contributed by atoms with Crippen LogP contribution in [0.25, 0.3) is 0 Å². The Hall–Kier alpha value is -1.17. The monoisotopic (exact) mass is 412 g/mol. The Morgan fingerprint density at radius 2 is 1.67 bits per heavy atom. The van der Waals surface area contributed by atoms with Gasteiger partial charge in [0.1, 0.15) is 0 Å². The van der Waals surface area contributed by atoms with Crippen molar-refractivity contribution in [3.8, 4) is 0 Å². The fraction of sp³-hybridized carbons (Fsp3) is 0.188. The lowest BCUT2D eigenvalue weighted by molar-refractivity contribution is 0.0600. The van der Waals surface area contributed by atoms with Gasteiger partial charge in [-0.3, -0.25) is 0 Å². The van der Waals surface area contributed by atoms with E-state index in [1.165, 1.54) is 7.11 Å². The van der Waals surface area contributed by atoms with Crippen LogP contribution in [0.15, 0.2) is 51.4 Å². The van der Waals surface area contributed by atoms with Crippen molar-refractivity contribution in [1.82, 2.24) is 0 Å². The fourth-order valence-electron chi connectivity index (χ4n) is 1.80. The summed E-state index contributed by atoms with van der Waals surface area (Å²) in [6.07, 6.45) is 0. The van der Waals surface area contributed by atoms with Gasteiger partial charge in [0.05, 0.1) is 25.9 Å². The molecule has 2 aromatic rings.